The van der Waals surface area contributed by atoms with Crippen LogP contribution in [0.3, 0.4) is 0 Å². The third kappa shape index (κ3) is 2.41. The van der Waals surface area contributed by atoms with Gasteiger partial charge in [0.1, 0.15) is 0 Å². The lowest BCUT2D eigenvalue weighted by Crippen LogP contribution is -2.13. The molecule has 0 amide bonds. The zero-order chi connectivity index (χ0) is 13.1. The molecule has 0 unspecified atom stereocenters. The van der Waals surface area contributed by atoms with Gasteiger partial charge in [-0.25, -0.2) is 9.48 Å². The molecule has 94 valence electrons. The standard InChI is InChI=1S/C11H11BrN4O2/c12-8-4-2-1-3-7(8)6-16-9(5-13)10(11(17)18)14-15-16/h1-4H,5-6,13H2,(H,17,18). The van der Waals surface area contributed by atoms with E-state index in [4.69, 9.17) is 10.8 Å². The number of rotatable bonds is 4. The Kier molecular flexibility index (Phi) is 3.73. The number of hydrogen-bond donors (Lipinski definition) is 2. The summed E-state index contributed by atoms with van der Waals surface area (Å²) in [5.41, 5.74) is 6.85. The van der Waals surface area contributed by atoms with E-state index in [1.807, 2.05) is 24.3 Å². The molecule has 0 radical (unpaired) electrons. The van der Waals surface area contributed by atoms with Crippen LogP contribution in [-0.4, -0.2) is 26.1 Å². The first-order chi connectivity index (χ1) is 8.63. The molecule has 0 saturated carbocycles. The number of carboxylic acids is 1. The Balaban J connectivity index is 2.35. The smallest absolute Gasteiger partial charge is 0.358 e. The van der Waals surface area contributed by atoms with Gasteiger partial charge in [-0.3, -0.25) is 0 Å². The molecule has 6 nitrogen and oxygen atoms in total. The average Bonchev–Trinajstić information content (AvgIpc) is 2.75. The van der Waals surface area contributed by atoms with Gasteiger partial charge >= 0.3 is 5.97 Å². The Morgan fingerprint density at radius 1 is 1.44 bits per heavy atom. The van der Waals surface area contributed by atoms with Gasteiger partial charge in [-0.05, 0) is 11.6 Å². The normalized spacial score (nSPS) is 10.6. The fraction of sp³-hybridized carbons (Fsp3) is 0.182. The Morgan fingerprint density at radius 3 is 2.78 bits per heavy atom. The van der Waals surface area contributed by atoms with E-state index in [1.54, 1.807) is 0 Å². The summed E-state index contributed by atoms with van der Waals surface area (Å²) < 4.78 is 2.43. The van der Waals surface area contributed by atoms with Gasteiger partial charge in [-0.15, -0.1) is 5.10 Å². The van der Waals surface area contributed by atoms with Crippen LogP contribution in [0.25, 0.3) is 0 Å². The summed E-state index contributed by atoms with van der Waals surface area (Å²) in [6.45, 7) is 0.507. The number of nitrogens with two attached hydrogens (primary N) is 1. The topological polar surface area (TPSA) is 94.0 Å². The zero-order valence-corrected chi connectivity index (χ0v) is 11.0. The van der Waals surface area contributed by atoms with Crippen LogP contribution in [0, 0.1) is 0 Å². The van der Waals surface area contributed by atoms with E-state index in [0.29, 0.717) is 12.2 Å². The first kappa shape index (κ1) is 12.7. The molecule has 0 bridgehead atoms. The van der Waals surface area contributed by atoms with Crippen LogP contribution in [0.15, 0.2) is 28.7 Å². The second-order valence-electron chi connectivity index (χ2n) is 3.64. The van der Waals surface area contributed by atoms with E-state index in [-0.39, 0.29) is 12.2 Å². The summed E-state index contributed by atoms with van der Waals surface area (Å²) in [4.78, 5) is 10.9. The highest BCUT2D eigenvalue weighted by atomic mass is 79.9. The third-order valence-electron chi connectivity index (χ3n) is 2.51. The summed E-state index contributed by atoms with van der Waals surface area (Å²) in [5, 5.41) is 16.4. The zero-order valence-electron chi connectivity index (χ0n) is 9.38. The molecule has 2 aromatic rings. The SMILES string of the molecule is NCc1c(C(=O)O)nnn1Cc1ccccc1Br. The minimum absolute atomic E-state index is 0.0824. The number of halogens is 1. The summed E-state index contributed by atoms with van der Waals surface area (Å²) in [7, 11) is 0. The molecule has 2 rings (SSSR count). The van der Waals surface area contributed by atoms with E-state index < -0.39 is 5.97 Å². The minimum Gasteiger partial charge on any atom is -0.476 e. The van der Waals surface area contributed by atoms with Crippen LogP contribution >= 0.6 is 15.9 Å². The van der Waals surface area contributed by atoms with Crippen LogP contribution in [0.5, 0.6) is 0 Å². The number of benzene rings is 1. The van der Waals surface area contributed by atoms with Gasteiger partial charge in [0.05, 0.1) is 12.2 Å². The van der Waals surface area contributed by atoms with Gasteiger partial charge in [0, 0.05) is 11.0 Å². The molecule has 1 aromatic carbocycles. The van der Waals surface area contributed by atoms with Crippen LogP contribution in [0.2, 0.25) is 0 Å². The maximum absolute atomic E-state index is 10.9. The van der Waals surface area contributed by atoms with Crippen molar-refractivity contribution in [1.82, 2.24) is 15.0 Å². The molecule has 0 saturated heterocycles. The van der Waals surface area contributed by atoms with Crippen molar-refractivity contribution in [2.75, 3.05) is 0 Å². The Bertz CT molecular complexity index is 582. The molecule has 0 aliphatic rings. The van der Waals surface area contributed by atoms with E-state index in [1.165, 1.54) is 4.68 Å². The lowest BCUT2D eigenvalue weighted by atomic mass is 10.2. The number of hydrogen-bond acceptors (Lipinski definition) is 4. The number of carboxylic acid groups (broad SMARTS) is 1. The molecule has 0 fully saturated rings. The van der Waals surface area contributed by atoms with Gasteiger partial charge in [-0.2, -0.15) is 0 Å². The minimum atomic E-state index is -1.12. The molecule has 7 heteroatoms. The van der Waals surface area contributed by atoms with Gasteiger partial charge in [0.15, 0.2) is 5.69 Å². The second kappa shape index (κ2) is 5.28. The molecule has 1 heterocycles. The van der Waals surface area contributed by atoms with Gasteiger partial charge in [0.25, 0.3) is 0 Å². The molecule has 0 aliphatic heterocycles. The monoisotopic (exact) mass is 310 g/mol. The Morgan fingerprint density at radius 2 is 2.17 bits per heavy atom. The van der Waals surface area contributed by atoms with Crippen molar-refractivity contribution in [3.8, 4) is 0 Å². The molecule has 0 aliphatic carbocycles. The number of aromatic nitrogens is 3. The van der Waals surface area contributed by atoms with Crippen molar-refractivity contribution >= 4 is 21.9 Å². The summed E-state index contributed by atoms with van der Waals surface area (Å²) >= 11 is 3.43. The summed E-state index contributed by atoms with van der Waals surface area (Å²) in [6, 6.07) is 7.64. The molecular formula is C11H11BrN4O2. The molecular weight excluding hydrogens is 300 g/mol. The fourth-order valence-corrected chi connectivity index (χ4v) is 2.03. The summed E-state index contributed by atoms with van der Waals surface area (Å²) in [5.74, 6) is -1.12. The van der Waals surface area contributed by atoms with Crippen molar-refractivity contribution < 1.29 is 9.90 Å². The Hall–Kier alpha value is -1.73. The Labute approximate surface area is 112 Å². The third-order valence-corrected chi connectivity index (χ3v) is 3.29. The molecule has 0 atom stereocenters. The van der Waals surface area contributed by atoms with E-state index in [2.05, 4.69) is 26.2 Å². The summed E-state index contributed by atoms with van der Waals surface area (Å²) in [6.07, 6.45) is 0. The van der Waals surface area contributed by atoms with Gasteiger partial charge in [0.2, 0.25) is 0 Å². The molecule has 18 heavy (non-hydrogen) atoms. The van der Waals surface area contributed by atoms with Crippen LogP contribution < -0.4 is 5.73 Å². The largest absolute Gasteiger partial charge is 0.476 e. The average molecular weight is 311 g/mol. The van der Waals surface area contributed by atoms with Crippen molar-refractivity contribution in [1.29, 1.82) is 0 Å². The lowest BCUT2D eigenvalue weighted by Gasteiger charge is -2.06. The second-order valence-corrected chi connectivity index (χ2v) is 4.50. The number of carbonyl (C=O) groups is 1. The van der Waals surface area contributed by atoms with E-state index in [9.17, 15) is 4.79 Å². The predicted molar refractivity (Wildman–Crippen MR) is 68.1 cm³/mol. The highest BCUT2D eigenvalue weighted by Crippen LogP contribution is 2.17. The quantitative estimate of drug-likeness (QED) is 0.886. The maximum atomic E-state index is 10.9. The number of nitrogens with zero attached hydrogens (tertiary/aromatic N) is 3. The maximum Gasteiger partial charge on any atom is 0.358 e. The lowest BCUT2D eigenvalue weighted by molar-refractivity contribution is 0.0689. The number of aromatic carboxylic acids is 1. The molecule has 1 aromatic heterocycles. The van der Waals surface area contributed by atoms with Crippen molar-refractivity contribution in [3.05, 3.63) is 45.7 Å². The van der Waals surface area contributed by atoms with Crippen LogP contribution in [0.4, 0.5) is 0 Å². The van der Waals surface area contributed by atoms with Crippen LogP contribution in [-0.2, 0) is 13.1 Å². The fourth-order valence-electron chi connectivity index (χ4n) is 1.62. The first-order valence-electron chi connectivity index (χ1n) is 5.22. The van der Waals surface area contributed by atoms with E-state index in [0.717, 1.165) is 10.0 Å². The van der Waals surface area contributed by atoms with Crippen molar-refractivity contribution in [2.24, 2.45) is 5.73 Å². The first-order valence-corrected chi connectivity index (χ1v) is 6.02. The highest BCUT2D eigenvalue weighted by Gasteiger charge is 2.17. The molecule has 3 N–H and O–H groups in total. The molecule has 0 spiro atoms. The van der Waals surface area contributed by atoms with Crippen molar-refractivity contribution in [3.63, 3.8) is 0 Å². The predicted octanol–water partition coefficient (Wildman–Crippen LogP) is 1.25. The van der Waals surface area contributed by atoms with E-state index >= 15 is 0 Å². The van der Waals surface area contributed by atoms with Crippen LogP contribution in [0.1, 0.15) is 21.7 Å². The van der Waals surface area contributed by atoms with Gasteiger partial charge in [-0.1, -0.05) is 39.3 Å². The van der Waals surface area contributed by atoms with Crippen molar-refractivity contribution in [2.45, 2.75) is 13.1 Å². The highest BCUT2D eigenvalue weighted by molar-refractivity contribution is 9.10. The van der Waals surface area contributed by atoms with Gasteiger partial charge < -0.3 is 10.8 Å².